The van der Waals surface area contributed by atoms with Gasteiger partial charge >= 0.3 is 4.87 Å². The fourth-order valence-corrected chi connectivity index (χ4v) is 3.00. The van der Waals surface area contributed by atoms with Gasteiger partial charge in [0.05, 0.1) is 19.3 Å². The second-order valence-electron chi connectivity index (χ2n) is 3.38. The summed E-state index contributed by atoms with van der Waals surface area (Å²) < 4.78 is 26.0. The van der Waals surface area contributed by atoms with Gasteiger partial charge in [-0.3, -0.25) is 9.89 Å². The standard InChI is InChI=1S/C8H10N4O4S2/c13-3-5-1-9-12-7(5)18(15,16)10-2-6-4-17-8(14)11-6/h1,4,10,13H,2-3H2,(H,9,12)(H,11,14). The molecule has 0 atom stereocenters. The van der Waals surface area contributed by atoms with Gasteiger partial charge in [-0.1, -0.05) is 11.3 Å². The highest BCUT2D eigenvalue weighted by Crippen LogP contribution is 2.11. The van der Waals surface area contributed by atoms with E-state index in [2.05, 4.69) is 19.9 Å². The average molecular weight is 290 g/mol. The van der Waals surface area contributed by atoms with Gasteiger partial charge < -0.3 is 10.1 Å². The van der Waals surface area contributed by atoms with E-state index in [0.717, 1.165) is 11.3 Å². The predicted molar refractivity (Wildman–Crippen MR) is 63.5 cm³/mol. The minimum Gasteiger partial charge on any atom is -0.392 e. The minimum absolute atomic E-state index is 0.0367. The van der Waals surface area contributed by atoms with E-state index in [9.17, 15) is 13.2 Å². The topological polar surface area (TPSA) is 128 Å². The monoisotopic (exact) mass is 290 g/mol. The van der Waals surface area contributed by atoms with E-state index in [-0.39, 0.29) is 22.0 Å². The number of hydrogen-bond acceptors (Lipinski definition) is 6. The van der Waals surface area contributed by atoms with Gasteiger partial charge in [0.2, 0.25) is 0 Å². The lowest BCUT2D eigenvalue weighted by Gasteiger charge is -2.04. The molecule has 0 aliphatic heterocycles. The number of aromatic amines is 2. The quantitative estimate of drug-likeness (QED) is 0.569. The van der Waals surface area contributed by atoms with Crippen LogP contribution in [0.15, 0.2) is 21.4 Å². The number of hydrogen-bond donors (Lipinski definition) is 4. The first-order valence-electron chi connectivity index (χ1n) is 4.82. The summed E-state index contributed by atoms with van der Waals surface area (Å²) in [5, 5.41) is 16.2. The molecular weight excluding hydrogens is 280 g/mol. The lowest BCUT2D eigenvalue weighted by molar-refractivity contribution is 0.278. The number of aliphatic hydroxyl groups excluding tert-OH is 1. The van der Waals surface area contributed by atoms with Crippen molar-refractivity contribution in [1.82, 2.24) is 19.9 Å². The van der Waals surface area contributed by atoms with Gasteiger partial charge in [-0.15, -0.1) is 0 Å². The number of sulfonamides is 1. The predicted octanol–water partition coefficient (Wildman–Crippen LogP) is -0.870. The van der Waals surface area contributed by atoms with Crippen molar-refractivity contribution >= 4 is 21.4 Å². The zero-order valence-corrected chi connectivity index (χ0v) is 10.6. The Morgan fingerprint density at radius 3 is 2.89 bits per heavy atom. The van der Waals surface area contributed by atoms with Crippen molar-refractivity contribution in [3.8, 4) is 0 Å². The number of aromatic nitrogens is 3. The van der Waals surface area contributed by atoms with E-state index in [1.54, 1.807) is 0 Å². The SMILES string of the molecule is O=c1[nH]c(CNS(=O)(=O)c2[nH]ncc2CO)cs1. The van der Waals surface area contributed by atoms with Crippen LogP contribution >= 0.6 is 11.3 Å². The fraction of sp³-hybridized carbons (Fsp3) is 0.250. The molecule has 0 amide bonds. The lowest BCUT2D eigenvalue weighted by Crippen LogP contribution is -2.25. The van der Waals surface area contributed by atoms with Gasteiger partial charge in [0.15, 0.2) is 5.03 Å². The maximum Gasteiger partial charge on any atom is 0.304 e. The summed E-state index contributed by atoms with van der Waals surface area (Å²) >= 11 is 0.954. The van der Waals surface area contributed by atoms with Crippen LogP contribution in [0.4, 0.5) is 0 Å². The van der Waals surface area contributed by atoms with Gasteiger partial charge in [0, 0.05) is 16.6 Å². The second kappa shape index (κ2) is 5.02. The number of thiazole rings is 1. The van der Waals surface area contributed by atoms with Gasteiger partial charge in [0.1, 0.15) is 0 Å². The van der Waals surface area contributed by atoms with Crippen LogP contribution < -0.4 is 9.60 Å². The Bertz CT molecular complexity index is 684. The van der Waals surface area contributed by atoms with Crippen LogP contribution in [0.3, 0.4) is 0 Å². The van der Waals surface area contributed by atoms with Crippen molar-refractivity contribution in [2.45, 2.75) is 18.2 Å². The van der Waals surface area contributed by atoms with Crippen molar-refractivity contribution < 1.29 is 13.5 Å². The van der Waals surface area contributed by atoms with Crippen molar-refractivity contribution in [2.75, 3.05) is 0 Å². The van der Waals surface area contributed by atoms with Gasteiger partial charge in [-0.25, -0.2) is 13.1 Å². The Kier molecular flexibility index (Phi) is 3.61. The molecule has 98 valence electrons. The molecule has 2 aromatic rings. The number of rotatable bonds is 5. The molecule has 0 bridgehead atoms. The van der Waals surface area contributed by atoms with Crippen LogP contribution in [0, 0.1) is 0 Å². The minimum atomic E-state index is -3.79. The van der Waals surface area contributed by atoms with E-state index >= 15 is 0 Å². The Labute approximate surface area is 106 Å². The molecule has 2 rings (SSSR count). The molecule has 8 nitrogen and oxygen atoms in total. The Morgan fingerprint density at radius 1 is 1.50 bits per heavy atom. The van der Waals surface area contributed by atoms with E-state index < -0.39 is 16.6 Å². The smallest absolute Gasteiger partial charge is 0.304 e. The van der Waals surface area contributed by atoms with Gasteiger partial charge in [-0.2, -0.15) is 5.10 Å². The zero-order chi connectivity index (χ0) is 13.2. The van der Waals surface area contributed by atoms with Crippen LogP contribution in [-0.4, -0.2) is 28.7 Å². The van der Waals surface area contributed by atoms with Crippen LogP contribution in [-0.2, 0) is 23.2 Å². The van der Waals surface area contributed by atoms with Gasteiger partial charge in [-0.05, 0) is 0 Å². The third-order valence-corrected chi connectivity index (χ3v) is 4.27. The first-order chi connectivity index (χ1) is 8.53. The fourth-order valence-electron chi connectivity index (χ4n) is 1.29. The van der Waals surface area contributed by atoms with Crippen LogP contribution in [0.5, 0.6) is 0 Å². The molecule has 0 spiro atoms. The van der Waals surface area contributed by atoms with E-state index in [1.807, 2.05) is 0 Å². The molecule has 10 heteroatoms. The second-order valence-corrected chi connectivity index (χ2v) is 5.93. The van der Waals surface area contributed by atoms with Crippen molar-refractivity contribution in [1.29, 1.82) is 0 Å². The molecule has 0 aliphatic rings. The molecule has 18 heavy (non-hydrogen) atoms. The highest BCUT2D eigenvalue weighted by molar-refractivity contribution is 7.89. The largest absolute Gasteiger partial charge is 0.392 e. The first-order valence-corrected chi connectivity index (χ1v) is 7.18. The first kappa shape index (κ1) is 13.0. The highest BCUT2D eigenvalue weighted by atomic mass is 32.2. The van der Waals surface area contributed by atoms with Crippen molar-refractivity contribution in [2.24, 2.45) is 0 Å². The molecular formula is C8H10N4O4S2. The molecule has 0 saturated heterocycles. The summed E-state index contributed by atoms with van der Waals surface area (Å²) in [7, 11) is -3.79. The third-order valence-electron chi connectivity index (χ3n) is 2.14. The summed E-state index contributed by atoms with van der Waals surface area (Å²) in [4.78, 5) is 13.1. The normalized spacial score (nSPS) is 11.8. The Morgan fingerprint density at radius 2 is 2.28 bits per heavy atom. The molecule has 0 unspecified atom stereocenters. The zero-order valence-electron chi connectivity index (χ0n) is 9.00. The molecule has 0 saturated carbocycles. The van der Waals surface area contributed by atoms with E-state index in [4.69, 9.17) is 5.11 Å². The molecule has 0 radical (unpaired) electrons. The maximum atomic E-state index is 11.9. The van der Waals surface area contributed by atoms with Crippen molar-refractivity contribution in [3.63, 3.8) is 0 Å². The number of nitrogens with zero attached hydrogens (tertiary/aromatic N) is 1. The molecule has 4 N–H and O–H groups in total. The lowest BCUT2D eigenvalue weighted by atomic mass is 10.4. The van der Waals surface area contributed by atoms with Crippen molar-refractivity contribution in [3.05, 3.63) is 32.5 Å². The summed E-state index contributed by atoms with van der Waals surface area (Å²) in [6.45, 7) is -0.465. The van der Waals surface area contributed by atoms with Crippen LogP contribution in [0.2, 0.25) is 0 Å². The molecule has 0 aromatic carbocycles. The third kappa shape index (κ3) is 2.67. The summed E-state index contributed by atoms with van der Waals surface area (Å²) in [6, 6.07) is 0. The number of nitrogens with one attached hydrogen (secondary N) is 3. The molecule has 0 fully saturated rings. The summed E-state index contributed by atoms with van der Waals surface area (Å²) in [5.41, 5.74) is 0.653. The number of H-pyrrole nitrogens is 2. The van der Waals surface area contributed by atoms with Crippen LogP contribution in [0.25, 0.3) is 0 Å². The Balaban J connectivity index is 2.15. The van der Waals surface area contributed by atoms with Gasteiger partial charge in [0.25, 0.3) is 10.0 Å². The average Bonchev–Trinajstić information content (AvgIpc) is 2.95. The maximum absolute atomic E-state index is 11.9. The molecule has 2 heterocycles. The highest BCUT2D eigenvalue weighted by Gasteiger charge is 2.20. The number of aliphatic hydroxyl groups is 1. The Hall–Kier alpha value is -1.49. The van der Waals surface area contributed by atoms with E-state index in [1.165, 1.54) is 11.6 Å². The van der Waals surface area contributed by atoms with E-state index in [0.29, 0.717) is 5.69 Å². The van der Waals surface area contributed by atoms with Crippen LogP contribution in [0.1, 0.15) is 11.3 Å². The molecule has 0 aliphatic carbocycles. The summed E-state index contributed by atoms with van der Waals surface area (Å²) in [6.07, 6.45) is 1.24. The molecule has 2 aromatic heterocycles. The summed E-state index contributed by atoms with van der Waals surface area (Å²) in [5.74, 6) is 0.